The number of aryl methyl sites for hydroxylation is 2. The van der Waals surface area contributed by atoms with Gasteiger partial charge in [-0.3, -0.25) is 0 Å². The molecular weight excluding hydrogens is 683 g/mol. The molecule has 226 valence electrons. The molecule has 4 heteroatoms. The number of hydrogen-bond donors (Lipinski definition) is 0. The summed E-state index contributed by atoms with van der Waals surface area (Å²) >= 11 is -0.826. The molecule has 0 saturated heterocycles. The average molecular weight is 723 g/mol. The summed E-state index contributed by atoms with van der Waals surface area (Å²) in [4.78, 5) is 0. The van der Waals surface area contributed by atoms with E-state index in [9.17, 15) is 0 Å². The van der Waals surface area contributed by atoms with Crippen molar-refractivity contribution < 1.29 is 20.8 Å². The van der Waals surface area contributed by atoms with Crippen LogP contribution in [0.25, 0.3) is 54.6 Å². The van der Waals surface area contributed by atoms with Gasteiger partial charge in [0.1, 0.15) is 0 Å². The molecule has 7 aromatic carbocycles. The summed E-state index contributed by atoms with van der Waals surface area (Å²) in [5, 5.41) is 8.05. The van der Waals surface area contributed by atoms with Gasteiger partial charge in [0, 0.05) is 9.52 Å². The predicted molar refractivity (Wildman–Crippen MR) is 200 cm³/mol. The Balaban J connectivity index is 0.000000176. The van der Waals surface area contributed by atoms with Crippen LogP contribution in [0.4, 0.5) is 0 Å². The van der Waals surface area contributed by atoms with E-state index < -0.39 is 20.8 Å². The molecule has 0 aliphatic carbocycles. The second-order valence-corrected chi connectivity index (χ2v) is 16.3. The van der Waals surface area contributed by atoms with Gasteiger partial charge in [-0.15, -0.1) is 68.6 Å². The fourth-order valence-electron chi connectivity index (χ4n) is 5.66. The van der Waals surface area contributed by atoms with Crippen LogP contribution >= 0.6 is 17.0 Å². The van der Waals surface area contributed by atoms with E-state index in [2.05, 4.69) is 168 Å². The van der Waals surface area contributed by atoms with E-state index in [-0.39, 0.29) is 0 Å². The van der Waals surface area contributed by atoms with E-state index in [1.807, 2.05) is 0 Å². The number of fused-ring (bicyclic) bond motifs is 3. The molecule has 0 atom stereocenters. The van der Waals surface area contributed by atoms with Gasteiger partial charge >= 0.3 is 37.9 Å². The van der Waals surface area contributed by atoms with Gasteiger partial charge in [-0.25, -0.2) is 0 Å². The van der Waals surface area contributed by atoms with Crippen molar-refractivity contribution in [2.75, 3.05) is 0 Å². The van der Waals surface area contributed by atoms with Crippen LogP contribution in [0.5, 0.6) is 0 Å². The second-order valence-electron chi connectivity index (χ2n) is 11.5. The summed E-state index contributed by atoms with van der Waals surface area (Å²) in [5.41, 5.74) is 9.36. The third-order valence-electron chi connectivity index (χ3n) is 7.83. The van der Waals surface area contributed by atoms with Crippen molar-refractivity contribution >= 4 is 58.9 Å². The Morgan fingerprint density at radius 2 is 1.27 bits per heavy atom. The Kier molecular flexibility index (Phi) is 13.5. The first kappa shape index (κ1) is 35.1. The Morgan fingerprint density at radius 1 is 0.622 bits per heavy atom. The van der Waals surface area contributed by atoms with Crippen LogP contribution in [-0.2, 0) is 20.8 Å². The summed E-state index contributed by atoms with van der Waals surface area (Å²) in [5.74, 6) is 0.584. The van der Waals surface area contributed by atoms with Gasteiger partial charge in [-0.2, -0.15) is 12.1 Å². The minimum absolute atomic E-state index is 0.584. The molecule has 45 heavy (non-hydrogen) atoms. The van der Waals surface area contributed by atoms with Gasteiger partial charge in [0.05, 0.1) is 0 Å². The van der Waals surface area contributed by atoms with Crippen LogP contribution in [0.15, 0.2) is 127 Å². The maximum absolute atomic E-state index is 4.93. The van der Waals surface area contributed by atoms with Crippen molar-refractivity contribution in [2.24, 2.45) is 0 Å². The van der Waals surface area contributed by atoms with Crippen LogP contribution in [0.1, 0.15) is 36.5 Å². The van der Waals surface area contributed by atoms with E-state index in [0.717, 1.165) is 9.52 Å². The molecule has 0 saturated carbocycles. The molecule has 0 aliphatic rings. The summed E-state index contributed by atoms with van der Waals surface area (Å²) in [6.45, 7) is 13.2. The molecule has 0 fully saturated rings. The van der Waals surface area contributed by atoms with Crippen molar-refractivity contribution in [1.29, 1.82) is 0 Å². The molecule has 0 spiro atoms. The summed E-state index contributed by atoms with van der Waals surface area (Å²) in [6, 6.07) is 46.2. The van der Waals surface area contributed by atoms with Crippen molar-refractivity contribution in [3.05, 3.63) is 144 Å². The van der Waals surface area contributed by atoms with Crippen molar-refractivity contribution in [1.82, 2.24) is 0 Å². The maximum atomic E-state index is 4.93. The Morgan fingerprint density at radius 3 is 1.96 bits per heavy atom. The van der Waals surface area contributed by atoms with Crippen LogP contribution < -0.4 is 0 Å². The standard InChI is InChI=1S/C21H17.C18H17.C2H6Si.2ClH.Zr/c1-14-11-20-15(2)7-10-19(21(20)12-14)18-9-8-16-5-3-4-6-17(16)13-18;1-13(2)16-11-15-9-6-10-17(18(15)12-16)14-7-4-3-5-8-14;1-3-2;;;/h3-13H,1-2H3;3-13H,1-2H3;1-2H3;2*1H;/q2*-1;;;;+4/p-2. The van der Waals surface area contributed by atoms with Crippen molar-refractivity contribution in [3.63, 3.8) is 0 Å². The van der Waals surface area contributed by atoms with Gasteiger partial charge in [-0.1, -0.05) is 131 Å². The van der Waals surface area contributed by atoms with Crippen molar-refractivity contribution in [3.8, 4) is 22.3 Å². The Bertz CT molecular complexity index is 1950. The van der Waals surface area contributed by atoms with Crippen LogP contribution in [0.2, 0.25) is 13.1 Å². The molecule has 0 unspecified atom stereocenters. The molecule has 0 heterocycles. The van der Waals surface area contributed by atoms with Crippen LogP contribution in [-0.4, -0.2) is 9.52 Å². The van der Waals surface area contributed by atoms with Gasteiger partial charge in [0.25, 0.3) is 0 Å². The zero-order valence-corrected chi connectivity index (χ0v) is 31.9. The molecule has 0 nitrogen and oxygen atoms in total. The normalized spacial score (nSPS) is 10.4. The topological polar surface area (TPSA) is 0 Å². The first-order chi connectivity index (χ1) is 21.8. The molecule has 7 aromatic rings. The first-order valence-corrected chi connectivity index (χ1v) is 23.6. The van der Waals surface area contributed by atoms with Gasteiger partial charge in [0.2, 0.25) is 0 Å². The van der Waals surface area contributed by atoms with E-state index in [4.69, 9.17) is 17.0 Å². The Labute approximate surface area is 290 Å². The minimum atomic E-state index is -0.826. The zero-order chi connectivity index (χ0) is 32.3. The molecule has 0 N–H and O–H groups in total. The van der Waals surface area contributed by atoms with E-state index in [1.54, 1.807) is 0 Å². The third-order valence-corrected chi connectivity index (χ3v) is 7.83. The van der Waals surface area contributed by atoms with Crippen LogP contribution in [0.3, 0.4) is 0 Å². The molecule has 7 rings (SSSR count). The zero-order valence-electron chi connectivity index (χ0n) is 27.0. The molecule has 0 bridgehead atoms. The second kappa shape index (κ2) is 17.3. The number of halogens is 2. The van der Waals surface area contributed by atoms with Gasteiger partial charge in [-0.05, 0) is 33.9 Å². The number of rotatable bonds is 3. The molecule has 0 amide bonds. The van der Waals surface area contributed by atoms with Gasteiger partial charge < -0.3 is 0 Å². The van der Waals surface area contributed by atoms with E-state index >= 15 is 0 Å². The predicted octanol–water partition coefficient (Wildman–Crippen LogP) is 13.5. The molecule has 2 radical (unpaired) electrons. The summed E-state index contributed by atoms with van der Waals surface area (Å²) < 4.78 is 0. The van der Waals surface area contributed by atoms with E-state index in [1.165, 1.54) is 71.3 Å². The van der Waals surface area contributed by atoms with Crippen molar-refractivity contribution in [2.45, 2.75) is 46.7 Å². The average Bonchev–Trinajstić information content (AvgIpc) is 3.67. The van der Waals surface area contributed by atoms with Crippen LogP contribution in [0, 0.1) is 13.8 Å². The SMILES string of the molecule is CC(C)c1cc2c(-c3ccccc3)cccc2[cH-]1.C[Si]C.Cc1cc2c(-c3ccc4ccccc4c3)ccc(C)c2[cH-]1.[Cl][Zr+2][Cl]. The fourth-order valence-corrected chi connectivity index (χ4v) is 5.66. The third kappa shape index (κ3) is 8.96. The summed E-state index contributed by atoms with van der Waals surface area (Å²) in [6.07, 6.45) is 0. The number of hydrogen-bond acceptors (Lipinski definition) is 0. The monoisotopic (exact) mass is 720 g/mol. The fraction of sp³-hybridized carbons (Fsp3) is 0.171. The summed E-state index contributed by atoms with van der Waals surface area (Å²) in [7, 11) is 11.0. The quantitative estimate of drug-likeness (QED) is 0.126. The van der Waals surface area contributed by atoms with Gasteiger partial charge in [0.15, 0.2) is 0 Å². The van der Waals surface area contributed by atoms with E-state index in [0.29, 0.717) is 5.92 Å². The number of benzene rings is 5. The molecule has 0 aliphatic heterocycles. The molecular formula is C41H40Cl2SiZr. The molecule has 0 aromatic heterocycles. The Hall–Kier alpha value is -2.74. The first-order valence-electron chi connectivity index (χ1n) is 15.3.